The predicted molar refractivity (Wildman–Crippen MR) is 88.5 cm³/mol. The summed E-state index contributed by atoms with van der Waals surface area (Å²) in [5.74, 6) is -1.81. The van der Waals surface area contributed by atoms with E-state index < -0.39 is 12.0 Å². The number of thiazole rings is 1. The van der Waals surface area contributed by atoms with Gasteiger partial charge in [0.1, 0.15) is 5.01 Å². The van der Waals surface area contributed by atoms with Gasteiger partial charge in [-0.2, -0.15) is 13.2 Å². The normalized spacial score (nSPS) is 12.0. The Morgan fingerprint density at radius 1 is 1.29 bits per heavy atom. The minimum atomic E-state index is -4.89. The lowest BCUT2D eigenvalue weighted by molar-refractivity contribution is -0.0884. The number of carbonyl (C=O) groups is 1. The van der Waals surface area contributed by atoms with Crippen LogP contribution in [0, 0.1) is 0 Å². The van der Waals surface area contributed by atoms with E-state index in [4.69, 9.17) is 0 Å². The maximum Gasteiger partial charge on any atom is 0.454 e. The van der Waals surface area contributed by atoms with Crippen LogP contribution in [0.3, 0.4) is 0 Å². The first-order chi connectivity index (χ1) is 11.3. The summed E-state index contributed by atoms with van der Waals surface area (Å²) >= 11 is 1.44. The second kappa shape index (κ2) is 6.05. The first kappa shape index (κ1) is 16.7. The fourth-order valence-corrected chi connectivity index (χ4v) is 3.53. The van der Waals surface area contributed by atoms with Crippen LogP contribution in [-0.2, 0) is 13.0 Å². The number of halogens is 3. The Hall–Kier alpha value is -2.15. The summed E-state index contributed by atoms with van der Waals surface area (Å²) in [6.45, 7) is 4.30. The van der Waals surface area contributed by atoms with Gasteiger partial charge in [-0.3, -0.25) is 4.79 Å². The molecule has 0 aliphatic heterocycles. The third kappa shape index (κ3) is 2.84. The summed E-state index contributed by atoms with van der Waals surface area (Å²) in [5.41, 5.74) is 1.96. The fourth-order valence-electron chi connectivity index (χ4n) is 2.63. The van der Waals surface area contributed by atoms with Crippen LogP contribution in [0.1, 0.15) is 29.9 Å². The molecule has 24 heavy (non-hydrogen) atoms. The van der Waals surface area contributed by atoms with Crippen LogP contribution in [0.2, 0.25) is 0 Å². The van der Waals surface area contributed by atoms with Crippen molar-refractivity contribution in [2.75, 3.05) is 0 Å². The minimum absolute atomic E-state index is 0.310. The number of benzene rings is 1. The number of hydrogen-bond acceptors (Lipinski definition) is 3. The van der Waals surface area contributed by atoms with Crippen molar-refractivity contribution in [1.29, 1.82) is 0 Å². The van der Waals surface area contributed by atoms with Crippen molar-refractivity contribution in [1.82, 2.24) is 9.55 Å². The molecule has 0 bridgehead atoms. The van der Waals surface area contributed by atoms with E-state index in [0.29, 0.717) is 17.4 Å². The molecule has 0 unspecified atom stereocenters. The van der Waals surface area contributed by atoms with E-state index in [9.17, 15) is 18.0 Å². The number of carbonyl (C=O) groups excluding carboxylic acids is 1. The van der Waals surface area contributed by atoms with Gasteiger partial charge in [0.2, 0.25) is 0 Å². The Morgan fingerprint density at radius 2 is 2.04 bits per heavy atom. The second-order valence-electron chi connectivity index (χ2n) is 5.39. The first-order valence-corrected chi connectivity index (χ1v) is 8.42. The molecule has 0 amide bonds. The zero-order chi connectivity index (χ0) is 17.5. The van der Waals surface area contributed by atoms with Crippen LogP contribution >= 0.6 is 11.3 Å². The van der Waals surface area contributed by atoms with E-state index in [1.165, 1.54) is 17.5 Å². The zero-order valence-corrected chi connectivity index (χ0v) is 14.0. The number of aromatic nitrogens is 2. The Labute approximate surface area is 140 Å². The molecule has 0 spiro atoms. The molecule has 1 aromatic carbocycles. The number of nitrogens with zero attached hydrogens (tertiary/aromatic N) is 2. The largest absolute Gasteiger partial charge is 0.454 e. The van der Waals surface area contributed by atoms with Gasteiger partial charge in [0, 0.05) is 34.6 Å². The lowest BCUT2D eigenvalue weighted by Crippen LogP contribution is -2.22. The molecule has 126 valence electrons. The molecule has 3 aromatic rings. The van der Waals surface area contributed by atoms with E-state index in [-0.39, 0.29) is 5.56 Å². The summed E-state index contributed by atoms with van der Waals surface area (Å²) in [5, 5.41) is 2.98. The highest BCUT2D eigenvalue weighted by molar-refractivity contribution is 7.13. The number of hydrogen-bond donors (Lipinski definition) is 0. The number of fused-ring (bicyclic) bond motifs is 1. The molecule has 2 heterocycles. The smallest absolute Gasteiger partial charge is 0.347 e. The molecule has 3 rings (SSSR count). The number of alkyl halides is 3. The molecule has 7 heteroatoms. The second-order valence-corrected chi connectivity index (χ2v) is 6.24. The Bertz CT molecular complexity index is 908. The van der Waals surface area contributed by atoms with Crippen LogP contribution in [0.15, 0.2) is 29.8 Å². The summed E-state index contributed by atoms with van der Waals surface area (Å²) in [6, 6.07) is 5.20. The summed E-state index contributed by atoms with van der Waals surface area (Å²) in [7, 11) is 0. The molecule has 2 aromatic heterocycles. The van der Waals surface area contributed by atoms with Crippen LogP contribution in [0.5, 0.6) is 0 Å². The van der Waals surface area contributed by atoms with Gasteiger partial charge in [0.25, 0.3) is 5.78 Å². The lowest BCUT2D eigenvalue weighted by Gasteiger charge is -2.04. The van der Waals surface area contributed by atoms with Gasteiger partial charge in [0.05, 0.1) is 11.3 Å². The zero-order valence-electron chi connectivity index (χ0n) is 13.1. The van der Waals surface area contributed by atoms with Crippen molar-refractivity contribution < 1.29 is 18.0 Å². The standard InChI is InChI=1S/C17H15F3N2OS/c1-3-11-9-24-16(21-11)10-5-6-14-12(7-10)13(8-22(14)4-2)15(23)17(18,19)20/h5-9H,3-4H2,1-2H3. The van der Waals surface area contributed by atoms with Gasteiger partial charge in [0.15, 0.2) is 0 Å². The van der Waals surface area contributed by atoms with E-state index in [2.05, 4.69) is 4.98 Å². The van der Waals surface area contributed by atoms with E-state index >= 15 is 0 Å². The highest BCUT2D eigenvalue weighted by Gasteiger charge is 2.40. The number of Topliss-reactive ketones (excluding diaryl/α,β-unsaturated/α-hetero) is 1. The molecule has 0 aliphatic carbocycles. The molecular weight excluding hydrogens is 337 g/mol. The molecule has 0 N–H and O–H groups in total. The van der Waals surface area contributed by atoms with Crippen LogP contribution in [0.25, 0.3) is 21.5 Å². The molecule has 0 aliphatic rings. The van der Waals surface area contributed by atoms with Crippen LogP contribution in [-0.4, -0.2) is 21.5 Å². The third-order valence-corrected chi connectivity index (χ3v) is 4.82. The van der Waals surface area contributed by atoms with E-state index in [1.54, 1.807) is 16.7 Å². The van der Waals surface area contributed by atoms with Gasteiger partial charge < -0.3 is 4.57 Å². The molecule has 0 radical (unpaired) electrons. The van der Waals surface area contributed by atoms with Gasteiger partial charge in [-0.05, 0) is 31.5 Å². The molecule has 0 fully saturated rings. The van der Waals surface area contributed by atoms with Gasteiger partial charge in [-0.15, -0.1) is 11.3 Å². The predicted octanol–water partition coefficient (Wildman–Crippen LogP) is 5.09. The van der Waals surface area contributed by atoms with Crippen molar-refractivity contribution in [2.24, 2.45) is 0 Å². The molecular formula is C17H15F3N2OS. The Balaban J connectivity index is 2.18. The maximum absolute atomic E-state index is 12.9. The van der Waals surface area contributed by atoms with Crippen molar-refractivity contribution in [3.8, 4) is 10.6 Å². The molecule has 0 atom stereocenters. The molecule has 3 nitrogen and oxygen atoms in total. The van der Waals surface area contributed by atoms with E-state index in [1.807, 2.05) is 25.3 Å². The number of aryl methyl sites for hydroxylation is 2. The Kier molecular flexibility index (Phi) is 4.21. The van der Waals surface area contributed by atoms with E-state index in [0.717, 1.165) is 22.7 Å². The topological polar surface area (TPSA) is 34.9 Å². The lowest BCUT2D eigenvalue weighted by atomic mass is 10.1. The maximum atomic E-state index is 12.9. The summed E-state index contributed by atoms with van der Waals surface area (Å²) < 4.78 is 40.3. The summed E-state index contributed by atoms with van der Waals surface area (Å²) in [4.78, 5) is 16.2. The number of rotatable bonds is 4. The van der Waals surface area contributed by atoms with Gasteiger partial charge in [-0.1, -0.05) is 6.92 Å². The minimum Gasteiger partial charge on any atom is -0.347 e. The average molecular weight is 352 g/mol. The van der Waals surface area contributed by atoms with Crippen LogP contribution in [0.4, 0.5) is 13.2 Å². The Morgan fingerprint density at radius 3 is 2.62 bits per heavy atom. The van der Waals surface area contributed by atoms with Gasteiger partial charge >= 0.3 is 6.18 Å². The summed E-state index contributed by atoms with van der Waals surface area (Å²) in [6.07, 6.45) is -2.81. The third-order valence-electron chi connectivity index (χ3n) is 3.88. The van der Waals surface area contributed by atoms with Crippen LogP contribution < -0.4 is 0 Å². The molecule has 0 saturated heterocycles. The monoisotopic (exact) mass is 352 g/mol. The highest BCUT2D eigenvalue weighted by Crippen LogP contribution is 2.33. The van der Waals surface area contributed by atoms with Crippen molar-refractivity contribution in [3.05, 3.63) is 41.0 Å². The van der Waals surface area contributed by atoms with Crippen molar-refractivity contribution in [2.45, 2.75) is 33.0 Å². The first-order valence-electron chi connectivity index (χ1n) is 7.54. The van der Waals surface area contributed by atoms with Crippen molar-refractivity contribution >= 4 is 28.0 Å². The quantitative estimate of drug-likeness (QED) is 0.613. The molecule has 0 saturated carbocycles. The fraction of sp³-hybridized carbons (Fsp3) is 0.294. The van der Waals surface area contributed by atoms with Crippen molar-refractivity contribution in [3.63, 3.8) is 0 Å². The average Bonchev–Trinajstić information content (AvgIpc) is 3.17. The van der Waals surface area contributed by atoms with Gasteiger partial charge in [-0.25, -0.2) is 4.98 Å². The highest BCUT2D eigenvalue weighted by atomic mass is 32.1. The number of ketones is 1. The SMILES string of the molecule is CCc1csc(-c2ccc3c(c2)c(C(=O)C(F)(F)F)cn3CC)n1.